The first-order chi connectivity index (χ1) is 10.0. The first-order valence-electron chi connectivity index (χ1n) is 7.78. The predicted octanol–water partition coefficient (Wildman–Crippen LogP) is 2.20. The summed E-state index contributed by atoms with van der Waals surface area (Å²) in [4.78, 5) is 26.5. The molecule has 0 bridgehead atoms. The summed E-state index contributed by atoms with van der Waals surface area (Å²) in [6, 6.07) is 6.29. The van der Waals surface area contributed by atoms with Crippen LogP contribution in [0.2, 0.25) is 0 Å². The maximum atomic E-state index is 12.9. The van der Waals surface area contributed by atoms with Crippen LogP contribution in [0.3, 0.4) is 0 Å². The van der Waals surface area contributed by atoms with Gasteiger partial charge in [0.15, 0.2) is 0 Å². The minimum absolute atomic E-state index is 0.00574. The first-order valence-corrected chi connectivity index (χ1v) is 7.78. The molecule has 0 aromatic heterocycles. The molecular weight excluding hydrogens is 264 g/mol. The molecule has 1 N–H and O–H groups in total. The maximum Gasteiger partial charge on any atom is 0.252 e. The van der Waals surface area contributed by atoms with E-state index in [4.69, 9.17) is 0 Å². The minimum atomic E-state index is -0.799. The highest BCUT2D eigenvalue weighted by Crippen LogP contribution is 2.29. The van der Waals surface area contributed by atoms with Gasteiger partial charge in [-0.3, -0.25) is 9.59 Å². The van der Waals surface area contributed by atoms with Gasteiger partial charge in [0, 0.05) is 18.7 Å². The molecule has 3 rings (SSSR count). The van der Waals surface area contributed by atoms with Crippen LogP contribution in [0.25, 0.3) is 0 Å². The molecule has 4 heteroatoms. The third-order valence-electron chi connectivity index (χ3n) is 4.80. The van der Waals surface area contributed by atoms with Crippen LogP contribution in [0.5, 0.6) is 0 Å². The zero-order valence-corrected chi connectivity index (χ0v) is 12.7. The van der Waals surface area contributed by atoms with E-state index in [9.17, 15) is 9.59 Å². The second-order valence-electron chi connectivity index (χ2n) is 6.25. The van der Waals surface area contributed by atoms with E-state index in [2.05, 4.69) is 17.4 Å². The van der Waals surface area contributed by atoms with Crippen LogP contribution in [0.1, 0.15) is 44.2 Å². The number of rotatable bonds is 2. The molecule has 1 atom stereocenters. The molecule has 1 aliphatic carbocycles. The highest BCUT2D eigenvalue weighted by Gasteiger charge is 2.39. The van der Waals surface area contributed by atoms with Crippen LogP contribution < -0.4 is 10.2 Å². The summed E-state index contributed by atoms with van der Waals surface area (Å²) < 4.78 is 0. The van der Waals surface area contributed by atoms with E-state index < -0.39 is 5.54 Å². The molecule has 1 aliphatic heterocycles. The van der Waals surface area contributed by atoms with E-state index >= 15 is 0 Å². The van der Waals surface area contributed by atoms with E-state index in [-0.39, 0.29) is 11.8 Å². The van der Waals surface area contributed by atoms with Gasteiger partial charge in [0.1, 0.15) is 5.54 Å². The number of carbonyl (C=O) groups is 2. The van der Waals surface area contributed by atoms with Crippen molar-refractivity contribution in [3.63, 3.8) is 0 Å². The van der Waals surface area contributed by atoms with Gasteiger partial charge in [-0.05, 0) is 55.9 Å². The summed E-state index contributed by atoms with van der Waals surface area (Å²) in [7, 11) is 0. The molecule has 1 heterocycles. The van der Waals surface area contributed by atoms with Gasteiger partial charge in [0.25, 0.3) is 5.91 Å². The lowest BCUT2D eigenvalue weighted by molar-refractivity contribution is -0.129. The van der Waals surface area contributed by atoms with Gasteiger partial charge < -0.3 is 10.2 Å². The summed E-state index contributed by atoms with van der Waals surface area (Å²) in [6.45, 7) is 4.21. The first kappa shape index (κ1) is 14.1. The number of hydrogen-bond donors (Lipinski definition) is 1. The highest BCUT2D eigenvalue weighted by molar-refractivity contribution is 6.04. The fourth-order valence-electron chi connectivity index (χ4n) is 3.25. The number of benzene rings is 1. The fraction of sp³-hybridized carbons (Fsp3) is 0.529. The van der Waals surface area contributed by atoms with Crippen molar-refractivity contribution in [2.75, 3.05) is 11.4 Å². The largest absolute Gasteiger partial charge is 0.342 e. The van der Waals surface area contributed by atoms with Gasteiger partial charge in [0.05, 0.1) is 0 Å². The Labute approximate surface area is 125 Å². The van der Waals surface area contributed by atoms with Crippen LogP contribution in [-0.2, 0) is 22.4 Å². The van der Waals surface area contributed by atoms with Crippen LogP contribution in [0, 0.1) is 0 Å². The maximum absolute atomic E-state index is 12.9. The Balaban J connectivity index is 1.96. The average Bonchev–Trinajstić information content (AvgIpc) is 2.90. The SMILES string of the molecule is CCC1(C)NC(=O)CCN(c2ccc3c(c2)CCC3)C1=O. The highest BCUT2D eigenvalue weighted by atomic mass is 16.2. The fourth-order valence-corrected chi connectivity index (χ4v) is 3.25. The molecular formula is C17H22N2O2. The Morgan fingerprint density at radius 1 is 1.19 bits per heavy atom. The van der Waals surface area contributed by atoms with Crippen molar-refractivity contribution in [2.45, 2.75) is 51.5 Å². The number of carbonyl (C=O) groups excluding carboxylic acids is 2. The third-order valence-corrected chi connectivity index (χ3v) is 4.80. The van der Waals surface area contributed by atoms with Crippen molar-refractivity contribution < 1.29 is 9.59 Å². The summed E-state index contributed by atoms with van der Waals surface area (Å²) >= 11 is 0. The van der Waals surface area contributed by atoms with Crippen molar-refractivity contribution in [1.82, 2.24) is 5.32 Å². The van der Waals surface area contributed by atoms with Crippen LogP contribution in [-0.4, -0.2) is 23.9 Å². The van der Waals surface area contributed by atoms with E-state index in [1.54, 1.807) is 4.90 Å². The number of nitrogens with one attached hydrogen (secondary N) is 1. The molecule has 0 spiro atoms. The van der Waals surface area contributed by atoms with Crippen molar-refractivity contribution in [2.24, 2.45) is 0 Å². The Morgan fingerprint density at radius 2 is 1.95 bits per heavy atom. The molecule has 112 valence electrons. The van der Waals surface area contributed by atoms with Gasteiger partial charge in [-0.15, -0.1) is 0 Å². The van der Waals surface area contributed by atoms with Gasteiger partial charge in [0.2, 0.25) is 5.91 Å². The summed E-state index contributed by atoms with van der Waals surface area (Å²) in [5, 5.41) is 2.88. The van der Waals surface area contributed by atoms with E-state index in [0.29, 0.717) is 19.4 Å². The van der Waals surface area contributed by atoms with E-state index in [1.807, 2.05) is 19.9 Å². The standard InChI is InChI=1S/C17H22N2O2/c1-3-17(2)16(21)19(10-9-15(20)18-17)14-8-7-12-5-4-6-13(12)11-14/h7-8,11H,3-6,9-10H2,1-2H3,(H,18,20). The molecule has 4 nitrogen and oxygen atoms in total. The number of anilines is 1. The lowest BCUT2D eigenvalue weighted by atomic mass is 9.96. The lowest BCUT2D eigenvalue weighted by Gasteiger charge is -2.31. The molecule has 2 amide bonds. The second-order valence-corrected chi connectivity index (χ2v) is 6.25. The molecule has 1 unspecified atom stereocenters. The number of fused-ring (bicyclic) bond motifs is 1. The molecule has 1 fully saturated rings. The van der Waals surface area contributed by atoms with Gasteiger partial charge in [-0.2, -0.15) is 0 Å². The van der Waals surface area contributed by atoms with E-state index in [0.717, 1.165) is 18.5 Å². The predicted molar refractivity (Wildman–Crippen MR) is 82.3 cm³/mol. The molecule has 0 radical (unpaired) electrons. The molecule has 1 aromatic carbocycles. The van der Waals surface area contributed by atoms with Gasteiger partial charge >= 0.3 is 0 Å². The summed E-state index contributed by atoms with van der Waals surface area (Å²) in [6.07, 6.45) is 4.38. The molecule has 21 heavy (non-hydrogen) atoms. The zero-order valence-electron chi connectivity index (χ0n) is 12.7. The number of amides is 2. The average molecular weight is 286 g/mol. The quantitative estimate of drug-likeness (QED) is 0.906. The lowest BCUT2D eigenvalue weighted by Crippen LogP contribution is -2.54. The van der Waals surface area contributed by atoms with Gasteiger partial charge in [-0.1, -0.05) is 13.0 Å². The Kier molecular flexibility index (Phi) is 3.47. The third kappa shape index (κ3) is 2.43. The topological polar surface area (TPSA) is 49.4 Å². The summed E-state index contributed by atoms with van der Waals surface area (Å²) in [5.41, 5.74) is 2.87. The van der Waals surface area contributed by atoms with Crippen molar-refractivity contribution >= 4 is 17.5 Å². The molecule has 1 aromatic rings. The Hall–Kier alpha value is -1.84. The summed E-state index contributed by atoms with van der Waals surface area (Å²) in [5.74, 6) is -0.0508. The van der Waals surface area contributed by atoms with Crippen LogP contribution in [0.15, 0.2) is 18.2 Å². The normalized spacial score (nSPS) is 25.5. The Bertz CT molecular complexity index is 596. The van der Waals surface area contributed by atoms with Crippen molar-refractivity contribution in [1.29, 1.82) is 0 Å². The Morgan fingerprint density at radius 3 is 2.71 bits per heavy atom. The second kappa shape index (κ2) is 5.17. The van der Waals surface area contributed by atoms with Crippen LogP contribution >= 0.6 is 0 Å². The molecule has 2 aliphatic rings. The monoisotopic (exact) mass is 286 g/mol. The number of aryl methyl sites for hydroxylation is 2. The van der Waals surface area contributed by atoms with Crippen LogP contribution in [0.4, 0.5) is 5.69 Å². The minimum Gasteiger partial charge on any atom is -0.342 e. The number of hydrogen-bond acceptors (Lipinski definition) is 2. The van der Waals surface area contributed by atoms with Crippen molar-refractivity contribution in [3.8, 4) is 0 Å². The smallest absolute Gasteiger partial charge is 0.252 e. The molecule has 1 saturated heterocycles. The number of nitrogens with zero attached hydrogens (tertiary/aromatic N) is 1. The molecule has 0 saturated carbocycles. The van der Waals surface area contributed by atoms with Crippen molar-refractivity contribution in [3.05, 3.63) is 29.3 Å². The zero-order chi connectivity index (χ0) is 15.0. The van der Waals surface area contributed by atoms with E-state index in [1.165, 1.54) is 17.5 Å². The van der Waals surface area contributed by atoms with Gasteiger partial charge in [-0.25, -0.2) is 0 Å².